The fraction of sp³-hybridized carbons (Fsp3) is 0.588. The second-order valence-electron chi connectivity index (χ2n) is 7.00. The van der Waals surface area contributed by atoms with Crippen LogP contribution < -0.4 is 11.1 Å². The van der Waals surface area contributed by atoms with Gasteiger partial charge in [0.25, 0.3) is 5.91 Å². The van der Waals surface area contributed by atoms with Gasteiger partial charge in [-0.1, -0.05) is 18.7 Å². The van der Waals surface area contributed by atoms with Gasteiger partial charge in [0.2, 0.25) is 17.0 Å². The summed E-state index contributed by atoms with van der Waals surface area (Å²) in [5.74, 6) is -1.08. The molecule has 0 saturated carbocycles. The summed E-state index contributed by atoms with van der Waals surface area (Å²) in [6.07, 6.45) is 1.24. The van der Waals surface area contributed by atoms with Gasteiger partial charge in [0.05, 0.1) is 5.75 Å². The molecule has 0 spiro atoms. The smallest absolute Gasteiger partial charge is 0.352 e. The number of nitrogens with two attached hydrogens (primary N) is 1. The number of carboxylic acids is 1. The average molecular weight is 502 g/mol. The van der Waals surface area contributed by atoms with Crippen LogP contribution in [-0.2, 0) is 19.2 Å². The van der Waals surface area contributed by atoms with Crippen LogP contribution in [0.25, 0.3) is 0 Å². The quantitative estimate of drug-likeness (QED) is 0.169. The fourth-order valence-corrected chi connectivity index (χ4v) is 6.58. The third-order valence-corrected chi connectivity index (χ3v) is 8.39. The second kappa shape index (κ2) is 11.0. The van der Waals surface area contributed by atoms with Gasteiger partial charge in [0.1, 0.15) is 17.1 Å². The summed E-state index contributed by atoms with van der Waals surface area (Å²) in [6.45, 7) is 2.02. The van der Waals surface area contributed by atoms with Gasteiger partial charge in [-0.05, 0) is 34.6 Å². The molecule has 3 heterocycles. The Morgan fingerprint density at radius 2 is 2.22 bits per heavy atom. The molecule has 3 atom stereocenters. The highest BCUT2D eigenvalue weighted by Gasteiger charge is 2.54. The number of tetrazole rings is 1. The number of nitrogens with one attached hydrogen (secondary N) is 2. The van der Waals surface area contributed by atoms with E-state index < -0.39 is 34.4 Å². The van der Waals surface area contributed by atoms with Crippen LogP contribution in [0.15, 0.2) is 16.4 Å². The Morgan fingerprint density at radius 1 is 1.44 bits per heavy atom. The number of carboxylic acid groups (broad SMARTS) is 1. The zero-order valence-corrected chi connectivity index (χ0v) is 19.6. The van der Waals surface area contributed by atoms with E-state index >= 15 is 0 Å². The first-order chi connectivity index (χ1) is 15.3. The van der Waals surface area contributed by atoms with Crippen molar-refractivity contribution < 1.29 is 24.3 Å². The van der Waals surface area contributed by atoms with Crippen LogP contribution in [0.2, 0.25) is 0 Å². The van der Waals surface area contributed by atoms with Crippen molar-refractivity contribution in [2.75, 3.05) is 17.3 Å². The molecule has 3 amide bonds. The number of carbonyl (C=O) groups excluding carboxylic acids is 3. The van der Waals surface area contributed by atoms with Crippen molar-refractivity contribution >= 4 is 59.0 Å². The maximum Gasteiger partial charge on any atom is 0.352 e. The molecule has 1 aromatic heterocycles. The summed E-state index contributed by atoms with van der Waals surface area (Å²) >= 11 is 4.02. The lowest BCUT2D eigenvalue weighted by molar-refractivity contribution is -0.150. The lowest BCUT2D eigenvalue weighted by atomic mass is 9.99. The summed E-state index contributed by atoms with van der Waals surface area (Å²) in [5.41, 5.74) is 5.65. The molecule has 0 bridgehead atoms. The van der Waals surface area contributed by atoms with Gasteiger partial charge in [-0.25, -0.2) is 9.89 Å². The Hall–Kier alpha value is -2.26. The summed E-state index contributed by atoms with van der Waals surface area (Å²) in [4.78, 5) is 49.7. The first-order valence-corrected chi connectivity index (χ1v) is 12.9. The largest absolute Gasteiger partial charge is 0.477 e. The first-order valence-electron chi connectivity index (χ1n) is 9.80. The molecule has 2 unspecified atom stereocenters. The molecule has 15 heteroatoms. The third kappa shape index (κ3) is 5.56. The van der Waals surface area contributed by atoms with E-state index in [1.54, 1.807) is 0 Å². The number of aromatic amines is 1. The minimum absolute atomic E-state index is 0.0335. The molecule has 12 nitrogen and oxygen atoms in total. The monoisotopic (exact) mass is 501 g/mol. The molecular weight excluding hydrogens is 478 g/mol. The molecule has 1 aromatic rings. The van der Waals surface area contributed by atoms with Crippen LogP contribution >= 0.6 is 35.3 Å². The van der Waals surface area contributed by atoms with Crippen molar-refractivity contribution in [3.63, 3.8) is 0 Å². The number of fused-ring (bicyclic) bond motifs is 1. The molecule has 0 radical (unpaired) electrons. The van der Waals surface area contributed by atoms with Crippen molar-refractivity contribution in [1.29, 1.82) is 0 Å². The van der Waals surface area contributed by atoms with E-state index in [2.05, 4.69) is 25.9 Å². The summed E-state index contributed by atoms with van der Waals surface area (Å²) in [6, 6.07) is -0.763. The van der Waals surface area contributed by atoms with Crippen LogP contribution in [0.3, 0.4) is 0 Å². The lowest BCUT2D eigenvalue weighted by Gasteiger charge is -2.50. The Balaban J connectivity index is 1.79. The number of β-lactam (4-membered cyclic amide) rings is 1. The van der Waals surface area contributed by atoms with Gasteiger partial charge in [-0.3, -0.25) is 19.3 Å². The van der Waals surface area contributed by atoms with E-state index in [0.717, 1.165) is 12.2 Å². The number of hydrogen-bond acceptors (Lipinski definition) is 10. The lowest BCUT2D eigenvalue weighted by Crippen LogP contribution is -2.70. The number of amides is 3. The molecule has 3 rings (SSSR count). The summed E-state index contributed by atoms with van der Waals surface area (Å²) in [5, 5.41) is 25.4. The van der Waals surface area contributed by atoms with Gasteiger partial charge in [0.15, 0.2) is 0 Å². The molecule has 2 aliphatic heterocycles. The SMILES string of the molecule is CCCSCC(=O)NC1C(=O)N2C(C(=O)O)=C(C(CCC(N)=O)Sc3nnn[nH]3)CS[C@@H]12. The number of primary amides is 1. The average Bonchev–Trinajstić information content (AvgIpc) is 3.27. The highest BCUT2D eigenvalue weighted by molar-refractivity contribution is 8.01. The van der Waals surface area contributed by atoms with Crippen molar-refractivity contribution in [2.45, 2.75) is 48.0 Å². The standard InChI is InChI=1S/C17H23N7O5S3/c1-2-5-30-7-11(26)19-12-14(27)24-13(16(28)29)8(6-31-15(12)24)9(3-4-10(18)25)32-17-20-22-23-21-17/h9,12,15H,2-7H2,1H3,(H2,18,25)(H,19,26)(H,28,29)(H,20,21,22,23)/t9?,12?,15-/m0/s1. The zero-order chi connectivity index (χ0) is 23.3. The van der Waals surface area contributed by atoms with Crippen molar-refractivity contribution in [3.05, 3.63) is 11.3 Å². The molecule has 5 N–H and O–H groups in total. The van der Waals surface area contributed by atoms with Crippen molar-refractivity contribution in [2.24, 2.45) is 5.73 Å². The second-order valence-corrected chi connectivity index (χ2v) is 10.4. The number of thioether (sulfide) groups is 3. The van der Waals surface area contributed by atoms with E-state index in [0.29, 0.717) is 16.5 Å². The molecule has 32 heavy (non-hydrogen) atoms. The number of rotatable bonds is 12. The molecular formula is C17H23N7O5S3. The molecule has 0 aromatic carbocycles. The minimum Gasteiger partial charge on any atom is -0.477 e. The predicted molar refractivity (Wildman–Crippen MR) is 120 cm³/mol. The maximum absolute atomic E-state index is 12.8. The van der Waals surface area contributed by atoms with Crippen LogP contribution in [0.4, 0.5) is 0 Å². The van der Waals surface area contributed by atoms with Crippen molar-refractivity contribution in [1.82, 2.24) is 30.8 Å². The van der Waals surface area contributed by atoms with Crippen molar-refractivity contribution in [3.8, 4) is 0 Å². The van der Waals surface area contributed by atoms with Crippen LogP contribution in [0, 0.1) is 0 Å². The molecule has 2 aliphatic rings. The molecule has 1 saturated heterocycles. The zero-order valence-electron chi connectivity index (χ0n) is 17.1. The maximum atomic E-state index is 12.8. The van der Waals surface area contributed by atoms with E-state index in [-0.39, 0.29) is 30.2 Å². The first kappa shape index (κ1) is 24.4. The molecule has 1 fully saturated rings. The Kier molecular flexibility index (Phi) is 8.42. The van der Waals surface area contributed by atoms with Crippen LogP contribution in [0.1, 0.15) is 26.2 Å². The van der Waals surface area contributed by atoms with Crippen LogP contribution in [-0.4, -0.2) is 88.2 Å². The van der Waals surface area contributed by atoms with E-state index in [4.69, 9.17) is 5.73 Å². The number of H-pyrrole nitrogens is 1. The van der Waals surface area contributed by atoms with Gasteiger partial charge < -0.3 is 16.2 Å². The van der Waals surface area contributed by atoms with Gasteiger partial charge >= 0.3 is 5.97 Å². The van der Waals surface area contributed by atoms with E-state index in [1.807, 2.05) is 6.92 Å². The Bertz CT molecular complexity index is 910. The fourth-order valence-electron chi connectivity index (χ4n) is 3.33. The van der Waals surface area contributed by atoms with Gasteiger partial charge in [-0.2, -0.15) is 11.8 Å². The third-order valence-electron chi connectivity index (χ3n) is 4.72. The molecule has 174 valence electrons. The Morgan fingerprint density at radius 3 is 2.84 bits per heavy atom. The topological polar surface area (TPSA) is 184 Å². The van der Waals surface area contributed by atoms with Crippen LogP contribution in [0.5, 0.6) is 0 Å². The van der Waals surface area contributed by atoms with E-state index in [1.165, 1.54) is 40.2 Å². The van der Waals surface area contributed by atoms with E-state index in [9.17, 15) is 24.3 Å². The number of hydrogen-bond donors (Lipinski definition) is 4. The summed E-state index contributed by atoms with van der Waals surface area (Å²) in [7, 11) is 0. The number of carbonyl (C=O) groups is 4. The summed E-state index contributed by atoms with van der Waals surface area (Å²) < 4.78 is 0. The molecule has 0 aliphatic carbocycles. The number of aromatic nitrogens is 4. The normalized spacial score (nSPS) is 21.0. The highest BCUT2D eigenvalue weighted by Crippen LogP contribution is 2.44. The predicted octanol–water partition coefficient (Wildman–Crippen LogP) is -0.192. The van der Waals surface area contributed by atoms with Gasteiger partial charge in [0, 0.05) is 17.4 Å². The number of nitrogens with zero attached hydrogens (tertiary/aromatic N) is 4. The number of aliphatic carboxylic acids is 1. The Labute approximate surface area is 196 Å². The highest BCUT2D eigenvalue weighted by atomic mass is 32.2. The van der Waals surface area contributed by atoms with Gasteiger partial charge in [-0.15, -0.1) is 16.9 Å². The minimum atomic E-state index is -1.25.